The van der Waals surface area contributed by atoms with Crippen LogP contribution in [0.5, 0.6) is 5.88 Å². The van der Waals surface area contributed by atoms with Gasteiger partial charge in [-0.05, 0) is 31.2 Å². The van der Waals surface area contributed by atoms with Gasteiger partial charge in [0, 0.05) is 42.2 Å². The number of anilines is 1. The number of aromatic nitrogens is 3. The topological polar surface area (TPSA) is 152 Å². The molecule has 12 heteroatoms. The standard InChI is InChI=1S/C21H29N5O6S/c1-4-7-32-21(28)23-15-6-5-13(8-15)16-11-18(26-25-16)24-19(27)9-14-10-20(31-2)22-12-17(14)33(3,29)30/h10-13,15H,4-9H2,1-3H3,(H,23,28)(H2,24,25,26,27)/t13-,15+/m0/s1. The number of nitrogens with zero attached hydrogens (tertiary/aromatic N) is 2. The van der Waals surface area contributed by atoms with E-state index in [1.807, 2.05) is 6.92 Å². The number of rotatable bonds is 9. The van der Waals surface area contributed by atoms with E-state index in [0.29, 0.717) is 12.4 Å². The SMILES string of the molecule is CCCOC(=O)N[C@@H]1CC[C@H](c2cc(NC(=O)Cc3cc(OC)ncc3S(C)(=O)=O)n[nH]2)C1. The number of hydrogen-bond acceptors (Lipinski definition) is 8. The van der Waals surface area contributed by atoms with Gasteiger partial charge in [-0.2, -0.15) is 5.10 Å². The van der Waals surface area contributed by atoms with Crippen LogP contribution in [-0.4, -0.2) is 61.6 Å². The summed E-state index contributed by atoms with van der Waals surface area (Å²) >= 11 is 0. The molecule has 33 heavy (non-hydrogen) atoms. The van der Waals surface area contributed by atoms with Crippen LogP contribution in [0.2, 0.25) is 0 Å². The first-order chi connectivity index (χ1) is 15.7. The normalized spacial score (nSPS) is 18.0. The van der Waals surface area contributed by atoms with Crippen LogP contribution < -0.4 is 15.4 Å². The Labute approximate surface area is 192 Å². The van der Waals surface area contributed by atoms with E-state index in [1.54, 1.807) is 6.07 Å². The van der Waals surface area contributed by atoms with Crippen LogP contribution in [-0.2, 0) is 25.8 Å². The fourth-order valence-electron chi connectivity index (χ4n) is 3.81. The van der Waals surface area contributed by atoms with Gasteiger partial charge in [-0.15, -0.1) is 0 Å². The van der Waals surface area contributed by atoms with E-state index in [0.717, 1.165) is 37.6 Å². The Morgan fingerprint density at radius 2 is 2.06 bits per heavy atom. The van der Waals surface area contributed by atoms with Crippen molar-refractivity contribution in [2.24, 2.45) is 0 Å². The molecule has 1 aliphatic carbocycles. The van der Waals surface area contributed by atoms with Crippen LogP contribution >= 0.6 is 0 Å². The third kappa shape index (κ3) is 6.67. The Kier molecular flexibility index (Phi) is 7.90. The molecule has 0 aromatic carbocycles. The van der Waals surface area contributed by atoms with Crippen molar-refractivity contribution in [2.75, 3.05) is 25.3 Å². The highest BCUT2D eigenvalue weighted by Crippen LogP contribution is 2.34. The van der Waals surface area contributed by atoms with E-state index in [9.17, 15) is 18.0 Å². The van der Waals surface area contributed by atoms with Crippen LogP contribution in [0.4, 0.5) is 10.6 Å². The minimum atomic E-state index is -3.56. The summed E-state index contributed by atoms with van der Waals surface area (Å²) in [5.74, 6) is 0.308. The molecular formula is C21H29N5O6S. The first-order valence-corrected chi connectivity index (χ1v) is 12.6. The van der Waals surface area contributed by atoms with E-state index in [4.69, 9.17) is 9.47 Å². The zero-order valence-electron chi connectivity index (χ0n) is 18.9. The molecule has 11 nitrogen and oxygen atoms in total. The lowest BCUT2D eigenvalue weighted by molar-refractivity contribution is -0.115. The molecule has 3 N–H and O–H groups in total. The second-order valence-electron chi connectivity index (χ2n) is 8.03. The first kappa shape index (κ1) is 24.5. The van der Waals surface area contributed by atoms with E-state index in [2.05, 4.69) is 25.8 Å². The van der Waals surface area contributed by atoms with Crippen LogP contribution in [0.15, 0.2) is 23.2 Å². The van der Waals surface area contributed by atoms with Crippen molar-refractivity contribution in [1.82, 2.24) is 20.5 Å². The highest BCUT2D eigenvalue weighted by atomic mass is 32.2. The molecule has 2 heterocycles. The predicted octanol–water partition coefficient (Wildman–Crippen LogP) is 2.17. The summed E-state index contributed by atoms with van der Waals surface area (Å²) in [6.45, 7) is 2.33. The second kappa shape index (κ2) is 10.6. The smallest absolute Gasteiger partial charge is 0.407 e. The maximum absolute atomic E-state index is 12.6. The Bertz CT molecular complexity index is 1100. The van der Waals surface area contributed by atoms with Gasteiger partial charge in [0.1, 0.15) is 0 Å². The van der Waals surface area contributed by atoms with Crippen molar-refractivity contribution >= 4 is 27.7 Å². The molecule has 0 radical (unpaired) electrons. The molecule has 0 unspecified atom stereocenters. The molecule has 0 bridgehead atoms. The average molecular weight is 480 g/mol. The fraction of sp³-hybridized carbons (Fsp3) is 0.524. The van der Waals surface area contributed by atoms with Crippen LogP contribution in [0.25, 0.3) is 0 Å². The maximum atomic E-state index is 12.6. The van der Waals surface area contributed by atoms with Gasteiger partial charge >= 0.3 is 6.09 Å². The second-order valence-corrected chi connectivity index (χ2v) is 10.0. The molecule has 0 aliphatic heterocycles. The number of ether oxygens (including phenoxy) is 2. The number of aromatic amines is 1. The summed E-state index contributed by atoms with van der Waals surface area (Å²) < 4.78 is 34.2. The number of carbonyl (C=O) groups excluding carboxylic acids is 2. The molecule has 2 aromatic heterocycles. The molecular weight excluding hydrogens is 450 g/mol. The highest BCUT2D eigenvalue weighted by Gasteiger charge is 2.29. The van der Waals surface area contributed by atoms with Crippen LogP contribution in [0.1, 0.15) is 49.8 Å². The third-order valence-electron chi connectivity index (χ3n) is 5.38. The highest BCUT2D eigenvalue weighted by molar-refractivity contribution is 7.90. The number of carbonyl (C=O) groups is 2. The fourth-order valence-corrected chi connectivity index (χ4v) is 4.67. The van der Waals surface area contributed by atoms with Gasteiger partial charge in [0.2, 0.25) is 11.8 Å². The summed E-state index contributed by atoms with van der Waals surface area (Å²) in [6.07, 6.45) is 4.86. The van der Waals surface area contributed by atoms with Gasteiger partial charge < -0.3 is 20.1 Å². The Morgan fingerprint density at radius 3 is 2.76 bits per heavy atom. The zero-order chi connectivity index (χ0) is 24.0. The molecule has 2 amide bonds. The maximum Gasteiger partial charge on any atom is 0.407 e. The van der Waals surface area contributed by atoms with Gasteiger partial charge in [0.15, 0.2) is 15.7 Å². The molecule has 0 saturated heterocycles. The van der Waals surface area contributed by atoms with Gasteiger partial charge in [-0.3, -0.25) is 9.89 Å². The third-order valence-corrected chi connectivity index (χ3v) is 6.55. The predicted molar refractivity (Wildman–Crippen MR) is 120 cm³/mol. The largest absolute Gasteiger partial charge is 0.481 e. The summed E-state index contributed by atoms with van der Waals surface area (Å²) in [7, 11) is -2.15. The molecule has 1 saturated carbocycles. The number of hydrogen-bond donors (Lipinski definition) is 3. The monoisotopic (exact) mass is 479 g/mol. The van der Waals surface area contributed by atoms with Gasteiger partial charge in [-0.25, -0.2) is 18.2 Å². The minimum absolute atomic E-state index is 0.0248. The molecule has 2 atom stereocenters. The molecule has 3 rings (SSSR count). The summed E-state index contributed by atoms with van der Waals surface area (Å²) in [5.41, 5.74) is 1.15. The molecule has 1 aliphatic rings. The van der Waals surface area contributed by atoms with Crippen LogP contribution in [0.3, 0.4) is 0 Å². The Hall–Kier alpha value is -3.15. The minimum Gasteiger partial charge on any atom is -0.481 e. The van der Waals surface area contributed by atoms with Gasteiger partial charge in [0.05, 0.1) is 25.0 Å². The van der Waals surface area contributed by atoms with Crippen molar-refractivity contribution in [3.05, 3.63) is 29.6 Å². The zero-order valence-corrected chi connectivity index (χ0v) is 19.7. The van der Waals surface area contributed by atoms with E-state index in [1.165, 1.54) is 19.4 Å². The quantitative estimate of drug-likeness (QED) is 0.495. The molecule has 2 aromatic rings. The summed E-state index contributed by atoms with van der Waals surface area (Å²) in [4.78, 5) is 28.2. The number of methoxy groups -OCH3 is 1. The Balaban J connectivity index is 1.59. The van der Waals surface area contributed by atoms with E-state index < -0.39 is 21.8 Å². The first-order valence-electron chi connectivity index (χ1n) is 10.7. The lowest BCUT2D eigenvalue weighted by Crippen LogP contribution is -2.33. The number of nitrogens with one attached hydrogen (secondary N) is 3. The number of H-pyrrole nitrogens is 1. The summed E-state index contributed by atoms with van der Waals surface area (Å²) in [5, 5.41) is 12.7. The lowest BCUT2D eigenvalue weighted by Gasteiger charge is -2.12. The van der Waals surface area contributed by atoms with Crippen molar-refractivity contribution in [1.29, 1.82) is 0 Å². The van der Waals surface area contributed by atoms with Crippen molar-refractivity contribution < 1.29 is 27.5 Å². The van der Waals surface area contributed by atoms with Gasteiger partial charge in [0.25, 0.3) is 0 Å². The Morgan fingerprint density at radius 1 is 1.27 bits per heavy atom. The molecule has 180 valence electrons. The van der Waals surface area contributed by atoms with Crippen LogP contribution in [0, 0.1) is 0 Å². The number of sulfone groups is 1. The lowest BCUT2D eigenvalue weighted by atomic mass is 10.0. The number of pyridine rings is 1. The van der Waals surface area contributed by atoms with Crippen molar-refractivity contribution in [2.45, 2.75) is 55.9 Å². The average Bonchev–Trinajstić information content (AvgIpc) is 3.40. The van der Waals surface area contributed by atoms with Gasteiger partial charge in [-0.1, -0.05) is 6.92 Å². The number of alkyl carbamates (subject to hydrolysis) is 1. The number of amides is 2. The van der Waals surface area contributed by atoms with Crippen molar-refractivity contribution in [3.63, 3.8) is 0 Å². The summed E-state index contributed by atoms with van der Waals surface area (Å²) in [6, 6.07) is 3.21. The molecule has 0 spiro atoms. The van der Waals surface area contributed by atoms with E-state index >= 15 is 0 Å². The van der Waals surface area contributed by atoms with E-state index in [-0.39, 0.29) is 34.7 Å². The van der Waals surface area contributed by atoms with Crippen molar-refractivity contribution in [3.8, 4) is 5.88 Å². The molecule has 1 fully saturated rings.